The zero-order chi connectivity index (χ0) is 21.7. The molecule has 6 nitrogen and oxygen atoms in total. The largest absolute Gasteiger partial charge is 0.495 e. The maximum atomic E-state index is 13.1. The number of amides is 1. The Balaban J connectivity index is 1.84. The molecule has 3 rings (SSSR count). The zero-order valence-electron chi connectivity index (χ0n) is 17.7. The van der Waals surface area contributed by atoms with E-state index in [1.165, 1.54) is 17.5 Å². The fourth-order valence-electron chi connectivity index (χ4n) is 3.49. The van der Waals surface area contributed by atoms with Gasteiger partial charge in [0, 0.05) is 31.9 Å². The van der Waals surface area contributed by atoms with Crippen LogP contribution in [0, 0.1) is 6.92 Å². The van der Waals surface area contributed by atoms with Crippen LogP contribution in [0.1, 0.15) is 30.4 Å². The van der Waals surface area contributed by atoms with Gasteiger partial charge in [0.05, 0.1) is 7.11 Å². The number of benzene rings is 2. The van der Waals surface area contributed by atoms with Gasteiger partial charge in [-0.1, -0.05) is 24.6 Å². The van der Waals surface area contributed by atoms with Crippen LogP contribution in [0.5, 0.6) is 5.75 Å². The summed E-state index contributed by atoms with van der Waals surface area (Å²) in [4.78, 5) is 14.3. The summed E-state index contributed by atoms with van der Waals surface area (Å²) in [6.45, 7) is 3.01. The van der Waals surface area contributed by atoms with Crippen molar-refractivity contribution in [1.82, 2.24) is 4.31 Å². The smallest absolute Gasteiger partial charge is 0.250 e. The fraction of sp³-hybridized carbons (Fsp3) is 0.348. The van der Waals surface area contributed by atoms with Gasteiger partial charge < -0.3 is 9.64 Å². The molecule has 0 aromatic heterocycles. The van der Waals surface area contributed by atoms with Gasteiger partial charge in [0.2, 0.25) is 10.0 Å². The molecular weight excluding hydrogens is 400 g/mol. The first-order chi connectivity index (χ1) is 14.3. The van der Waals surface area contributed by atoms with E-state index in [1.54, 1.807) is 36.2 Å². The third-order valence-electron chi connectivity index (χ3n) is 5.26. The van der Waals surface area contributed by atoms with Crippen LogP contribution in [0.4, 0.5) is 5.69 Å². The number of ether oxygens (including phenoxy) is 1. The van der Waals surface area contributed by atoms with Crippen molar-refractivity contribution in [1.29, 1.82) is 0 Å². The Morgan fingerprint density at radius 1 is 1.10 bits per heavy atom. The van der Waals surface area contributed by atoms with E-state index < -0.39 is 10.0 Å². The summed E-state index contributed by atoms with van der Waals surface area (Å²) >= 11 is 0. The van der Waals surface area contributed by atoms with E-state index in [4.69, 9.17) is 4.74 Å². The molecule has 0 saturated carbocycles. The zero-order valence-corrected chi connectivity index (χ0v) is 18.5. The van der Waals surface area contributed by atoms with E-state index in [0.29, 0.717) is 24.4 Å². The van der Waals surface area contributed by atoms with Crippen molar-refractivity contribution in [2.24, 2.45) is 0 Å². The summed E-state index contributed by atoms with van der Waals surface area (Å²) in [5.41, 5.74) is 2.49. The van der Waals surface area contributed by atoms with Crippen LogP contribution in [0.15, 0.2) is 53.4 Å². The molecule has 0 bridgehead atoms. The lowest BCUT2D eigenvalue weighted by atomic mass is 10.2. The molecule has 1 fully saturated rings. The van der Waals surface area contributed by atoms with Gasteiger partial charge in [-0.15, -0.1) is 0 Å². The first-order valence-corrected chi connectivity index (χ1v) is 11.5. The Labute approximate surface area is 178 Å². The molecule has 0 spiro atoms. The Bertz CT molecular complexity index is 1040. The van der Waals surface area contributed by atoms with Crippen LogP contribution >= 0.6 is 0 Å². The first kappa shape index (κ1) is 22.1. The third kappa shape index (κ3) is 4.91. The van der Waals surface area contributed by atoms with Gasteiger partial charge in [0.25, 0.3) is 5.91 Å². The summed E-state index contributed by atoms with van der Waals surface area (Å²) in [6.07, 6.45) is 5.84. The Hall–Kier alpha value is -2.64. The Morgan fingerprint density at radius 3 is 2.50 bits per heavy atom. The average molecular weight is 429 g/mol. The number of methoxy groups -OCH3 is 1. The predicted molar refractivity (Wildman–Crippen MR) is 119 cm³/mol. The van der Waals surface area contributed by atoms with Crippen molar-refractivity contribution in [3.63, 3.8) is 0 Å². The molecule has 1 saturated heterocycles. The molecule has 0 aliphatic carbocycles. The topological polar surface area (TPSA) is 66.9 Å². The molecule has 1 heterocycles. The van der Waals surface area contributed by atoms with E-state index >= 15 is 0 Å². The van der Waals surface area contributed by atoms with Gasteiger partial charge >= 0.3 is 0 Å². The quantitative estimate of drug-likeness (QED) is 0.656. The highest BCUT2D eigenvalue weighted by Gasteiger charge is 2.29. The highest BCUT2D eigenvalue weighted by molar-refractivity contribution is 7.89. The van der Waals surface area contributed by atoms with Gasteiger partial charge in [0.1, 0.15) is 10.6 Å². The van der Waals surface area contributed by atoms with Gasteiger partial charge in [-0.2, -0.15) is 4.31 Å². The highest BCUT2D eigenvalue weighted by atomic mass is 32.2. The Kier molecular flexibility index (Phi) is 6.95. The molecule has 0 atom stereocenters. The molecule has 0 radical (unpaired) electrons. The number of piperidine rings is 1. The molecule has 0 unspecified atom stereocenters. The SMILES string of the molecule is COc1ccc(C=CC(=O)N(C)c2cccc(C)c2)cc1S(=O)(=O)N1CCCCC1. The number of carbonyl (C=O) groups excluding carboxylic acids is 1. The molecule has 0 N–H and O–H groups in total. The van der Waals surface area contributed by atoms with Gasteiger partial charge in [-0.25, -0.2) is 8.42 Å². The van der Waals surface area contributed by atoms with Gasteiger partial charge in [-0.3, -0.25) is 4.79 Å². The lowest BCUT2D eigenvalue weighted by molar-refractivity contribution is -0.113. The van der Waals surface area contributed by atoms with E-state index in [9.17, 15) is 13.2 Å². The second-order valence-corrected chi connectivity index (χ2v) is 9.35. The number of rotatable bonds is 6. The summed E-state index contributed by atoms with van der Waals surface area (Å²) in [5.74, 6) is 0.109. The maximum absolute atomic E-state index is 13.1. The van der Waals surface area contributed by atoms with Crippen LogP contribution in [-0.2, 0) is 14.8 Å². The normalized spacial score (nSPS) is 15.3. The molecule has 1 aliphatic rings. The van der Waals surface area contributed by atoms with Crippen molar-refractivity contribution < 1.29 is 17.9 Å². The van der Waals surface area contributed by atoms with E-state index in [-0.39, 0.29) is 10.8 Å². The van der Waals surface area contributed by atoms with Crippen molar-refractivity contribution in [3.05, 3.63) is 59.7 Å². The molecule has 7 heteroatoms. The fourth-order valence-corrected chi connectivity index (χ4v) is 5.19. The Morgan fingerprint density at radius 2 is 1.83 bits per heavy atom. The minimum Gasteiger partial charge on any atom is -0.495 e. The average Bonchev–Trinajstić information content (AvgIpc) is 2.77. The van der Waals surface area contributed by atoms with Crippen molar-refractivity contribution in [2.45, 2.75) is 31.1 Å². The molecule has 30 heavy (non-hydrogen) atoms. The molecular formula is C23H28N2O4S. The summed E-state index contributed by atoms with van der Waals surface area (Å²) in [6, 6.07) is 12.6. The van der Waals surface area contributed by atoms with Crippen LogP contribution in [0.3, 0.4) is 0 Å². The summed E-state index contributed by atoms with van der Waals surface area (Å²) in [7, 11) is -0.482. The van der Waals surface area contributed by atoms with Crippen LogP contribution in [0.2, 0.25) is 0 Å². The van der Waals surface area contributed by atoms with Crippen molar-refractivity contribution in [2.75, 3.05) is 32.1 Å². The third-order valence-corrected chi connectivity index (χ3v) is 7.18. The lowest BCUT2D eigenvalue weighted by Gasteiger charge is -2.26. The number of hydrogen-bond acceptors (Lipinski definition) is 4. The van der Waals surface area contributed by atoms with E-state index in [1.807, 2.05) is 31.2 Å². The molecule has 2 aromatic rings. The number of carbonyl (C=O) groups is 1. The van der Waals surface area contributed by atoms with Crippen LogP contribution < -0.4 is 9.64 Å². The standard InChI is InChI=1S/C23H28N2O4S/c1-18-8-7-9-20(16-18)24(2)23(26)13-11-19-10-12-21(29-3)22(17-19)30(27,28)25-14-5-4-6-15-25/h7-13,16-17H,4-6,14-15H2,1-3H3. The molecule has 1 aliphatic heterocycles. The second kappa shape index (κ2) is 9.45. The second-order valence-electron chi connectivity index (χ2n) is 7.44. The summed E-state index contributed by atoms with van der Waals surface area (Å²) < 4.78 is 33.1. The van der Waals surface area contributed by atoms with E-state index in [2.05, 4.69) is 0 Å². The van der Waals surface area contributed by atoms with Crippen molar-refractivity contribution in [3.8, 4) is 5.75 Å². The number of nitrogens with zero attached hydrogens (tertiary/aromatic N) is 2. The van der Waals surface area contributed by atoms with Gasteiger partial charge in [0.15, 0.2) is 0 Å². The number of sulfonamides is 1. The molecule has 160 valence electrons. The van der Waals surface area contributed by atoms with Crippen LogP contribution in [0.25, 0.3) is 6.08 Å². The number of likely N-dealkylation sites (N-methyl/N-ethyl adjacent to an activating group) is 1. The monoisotopic (exact) mass is 428 g/mol. The summed E-state index contributed by atoms with van der Waals surface area (Å²) in [5, 5.41) is 0. The first-order valence-electron chi connectivity index (χ1n) is 10.0. The minimum atomic E-state index is -3.65. The predicted octanol–water partition coefficient (Wildman–Crippen LogP) is 3.85. The van der Waals surface area contributed by atoms with E-state index in [0.717, 1.165) is 30.5 Å². The maximum Gasteiger partial charge on any atom is 0.250 e. The number of anilines is 1. The van der Waals surface area contributed by atoms with Crippen molar-refractivity contribution >= 4 is 27.7 Å². The molecule has 1 amide bonds. The lowest BCUT2D eigenvalue weighted by Crippen LogP contribution is -2.35. The molecule has 2 aromatic carbocycles. The number of hydrogen-bond donors (Lipinski definition) is 0. The number of aryl methyl sites for hydroxylation is 1. The highest BCUT2D eigenvalue weighted by Crippen LogP contribution is 2.30. The van der Waals surface area contributed by atoms with Gasteiger partial charge in [-0.05, 0) is 61.2 Å². The van der Waals surface area contributed by atoms with Crippen LogP contribution in [-0.4, -0.2) is 45.9 Å². The minimum absolute atomic E-state index is 0.133.